The van der Waals surface area contributed by atoms with Gasteiger partial charge in [0.2, 0.25) is 10.0 Å². The second kappa shape index (κ2) is 5.49. The minimum absolute atomic E-state index is 0.0257. The number of benzene rings is 1. The molecule has 2 saturated heterocycles. The first-order valence-corrected chi connectivity index (χ1v) is 10.6. The highest BCUT2D eigenvalue weighted by atomic mass is 32.2. The number of sulfonamides is 1. The molecule has 24 heavy (non-hydrogen) atoms. The summed E-state index contributed by atoms with van der Waals surface area (Å²) in [5, 5.41) is 4.38. The van der Waals surface area contributed by atoms with Crippen LogP contribution < -0.4 is 5.32 Å². The van der Waals surface area contributed by atoms with Crippen LogP contribution in [0.15, 0.2) is 23.1 Å². The van der Waals surface area contributed by atoms with Crippen LogP contribution in [0.5, 0.6) is 0 Å². The van der Waals surface area contributed by atoms with Crippen LogP contribution >= 0.6 is 11.3 Å². The molecule has 2 aliphatic heterocycles. The first kappa shape index (κ1) is 16.4. The van der Waals surface area contributed by atoms with Gasteiger partial charge in [0, 0.05) is 18.5 Å². The van der Waals surface area contributed by atoms with E-state index in [2.05, 4.69) is 31.1 Å². The lowest BCUT2D eigenvalue weighted by molar-refractivity contribution is 0.448. The van der Waals surface area contributed by atoms with Crippen LogP contribution in [-0.2, 0) is 15.4 Å². The van der Waals surface area contributed by atoms with E-state index >= 15 is 0 Å². The van der Waals surface area contributed by atoms with E-state index in [1.807, 2.05) is 6.07 Å². The first-order chi connectivity index (χ1) is 11.2. The molecule has 1 aromatic carbocycles. The standard InChI is InChI=1S/C17H23N3O2S2/c1-17(2,3)16-19-14-5-4-13(6-15(14)23-16)24(21,22)20-9-11-7-18-8-12(11)10-20/h4-6,11-12,18H,7-10H2,1-3H3/t11-,12+. The van der Waals surface area contributed by atoms with Crippen molar-refractivity contribution in [1.29, 1.82) is 0 Å². The quantitative estimate of drug-likeness (QED) is 0.888. The van der Waals surface area contributed by atoms with Crippen molar-refractivity contribution in [2.45, 2.75) is 31.1 Å². The van der Waals surface area contributed by atoms with Crippen LogP contribution in [0.1, 0.15) is 25.8 Å². The topological polar surface area (TPSA) is 62.3 Å². The molecular weight excluding hydrogens is 342 g/mol. The van der Waals surface area contributed by atoms with Gasteiger partial charge in [-0.15, -0.1) is 11.3 Å². The van der Waals surface area contributed by atoms with E-state index in [1.54, 1.807) is 27.8 Å². The van der Waals surface area contributed by atoms with Gasteiger partial charge in [-0.3, -0.25) is 0 Å². The molecule has 3 heterocycles. The third-order valence-electron chi connectivity index (χ3n) is 5.00. The molecule has 1 aromatic heterocycles. The van der Waals surface area contributed by atoms with E-state index in [1.165, 1.54) is 0 Å². The average molecular weight is 366 g/mol. The average Bonchev–Trinajstić information content (AvgIpc) is 3.19. The van der Waals surface area contributed by atoms with Crippen molar-refractivity contribution in [3.63, 3.8) is 0 Å². The van der Waals surface area contributed by atoms with E-state index in [4.69, 9.17) is 0 Å². The molecule has 0 radical (unpaired) electrons. The summed E-state index contributed by atoms with van der Waals surface area (Å²) in [6, 6.07) is 5.34. The van der Waals surface area contributed by atoms with Gasteiger partial charge in [-0.1, -0.05) is 20.8 Å². The lowest BCUT2D eigenvalue weighted by atomic mass is 9.98. The summed E-state index contributed by atoms with van der Waals surface area (Å²) < 4.78 is 28.6. The summed E-state index contributed by atoms with van der Waals surface area (Å²) in [4.78, 5) is 5.05. The zero-order chi connectivity index (χ0) is 17.1. The molecule has 0 spiro atoms. The fourth-order valence-corrected chi connectivity index (χ4v) is 6.26. The van der Waals surface area contributed by atoms with Gasteiger partial charge in [-0.2, -0.15) is 4.31 Å². The number of hydrogen-bond donors (Lipinski definition) is 1. The van der Waals surface area contributed by atoms with Crippen LogP contribution in [0.3, 0.4) is 0 Å². The van der Waals surface area contributed by atoms with E-state index in [-0.39, 0.29) is 5.41 Å². The fourth-order valence-electron chi connectivity index (χ4n) is 3.54. The summed E-state index contributed by atoms with van der Waals surface area (Å²) in [6.45, 7) is 9.50. The number of aromatic nitrogens is 1. The van der Waals surface area contributed by atoms with E-state index in [9.17, 15) is 8.42 Å². The van der Waals surface area contributed by atoms with Gasteiger partial charge in [0.1, 0.15) is 0 Å². The zero-order valence-electron chi connectivity index (χ0n) is 14.2. The van der Waals surface area contributed by atoms with Gasteiger partial charge in [-0.05, 0) is 43.1 Å². The Labute approximate surface area is 147 Å². The van der Waals surface area contributed by atoms with Gasteiger partial charge in [0.25, 0.3) is 0 Å². The SMILES string of the molecule is CC(C)(C)c1nc2ccc(S(=O)(=O)N3C[C@H]4CNC[C@H]4C3)cc2s1. The summed E-state index contributed by atoms with van der Waals surface area (Å²) in [6.07, 6.45) is 0. The Kier molecular flexibility index (Phi) is 3.76. The molecule has 0 unspecified atom stereocenters. The maximum Gasteiger partial charge on any atom is 0.243 e. The highest BCUT2D eigenvalue weighted by Gasteiger charge is 2.41. The third kappa shape index (κ3) is 2.67. The Morgan fingerprint density at radius 3 is 2.50 bits per heavy atom. The van der Waals surface area contributed by atoms with Crippen molar-refractivity contribution >= 4 is 31.6 Å². The molecule has 130 valence electrons. The highest BCUT2D eigenvalue weighted by molar-refractivity contribution is 7.89. The Bertz CT molecular complexity index is 871. The molecule has 0 bridgehead atoms. The molecule has 0 amide bonds. The number of nitrogens with zero attached hydrogens (tertiary/aromatic N) is 2. The molecule has 1 N–H and O–H groups in total. The van der Waals surface area contributed by atoms with Crippen LogP contribution in [0.2, 0.25) is 0 Å². The molecule has 2 aromatic rings. The Hall–Kier alpha value is -1.02. The maximum atomic E-state index is 13.0. The molecular formula is C17H23N3O2S2. The highest BCUT2D eigenvalue weighted by Crippen LogP contribution is 2.35. The number of fused-ring (bicyclic) bond motifs is 2. The minimum atomic E-state index is -3.41. The molecule has 2 aliphatic rings. The van der Waals surface area contributed by atoms with E-state index < -0.39 is 10.0 Å². The number of hydrogen-bond acceptors (Lipinski definition) is 5. The molecule has 7 heteroatoms. The van der Waals surface area contributed by atoms with Crippen molar-refractivity contribution in [1.82, 2.24) is 14.6 Å². The first-order valence-electron chi connectivity index (χ1n) is 8.37. The van der Waals surface area contributed by atoms with Crippen LogP contribution in [0.25, 0.3) is 10.2 Å². The zero-order valence-corrected chi connectivity index (χ0v) is 15.9. The van der Waals surface area contributed by atoms with Crippen molar-refractivity contribution in [3.8, 4) is 0 Å². The molecule has 0 aliphatic carbocycles. The number of thiazole rings is 1. The van der Waals surface area contributed by atoms with Crippen LogP contribution in [0, 0.1) is 11.8 Å². The maximum absolute atomic E-state index is 13.0. The molecule has 2 fully saturated rings. The summed E-state index contributed by atoms with van der Waals surface area (Å²) >= 11 is 1.59. The van der Waals surface area contributed by atoms with E-state index in [0.717, 1.165) is 28.3 Å². The second-order valence-corrected chi connectivity index (χ2v) is 10.9. The van der Waals surface area contributed by atoms with Crippen LogP contribution in [0.4, 0.5) is 0 Å². The monoisotopic (exact) mass is 365 g/mol. The van der Waals surface area contributed by atoms with E-state index in [0.29, 0.717) is 29.8 Å². The lowest BCUT2D eigenvalue weighted by Crippen LogP contribution is -2.31. The van der Waals surface area contributed by atoms with Gasteiger partial charge in [-0.25, -0.2) is 13.4 Å². The minimum Gasteiger partial charge on any atom is -0.316 e. The smallest absolute Gasteiger partial charge is 0.243 e. The Balaban J connectivity index is 1.68. The largest absolute Gasteiger partial charge is 0.316 e. The third-order valence-corrected chi connectivity index (χ3v) is 8.27. The van der Waals surface area contributed by atoms with Crippen molar-refractivity contribution in [2.24, 2.45) is 11.8 Å². The van der Waals surface area contributed by atoms with Crippen molar-refractivity contribution in [2.75, 3.05) is 26.2 Å². The molecule has 0 saturated carbocycles. The van der Waals surface area contributed by atoms with Gasteiger partial charge in [0.05, 0.1) is 20.1 Å². The fraction of sp³-hybridized carbons (Fsp3) is 0.588. The second-order valence-electron chi connectivity index (χ2n) is 7.90. The predicted molar refractivity (Wildman–Crippen MR) is 96.9 cm³/mol. The molecule has 4 rings (SSSR count). The summed E-state index contributed by atoms with van der Waals surface area (Å²) in [5.74, 6) is 0.916. The van der Waals surface area contributed by atoms with Crippen LogP contribution in [-0.4, -0.2) is 43.9 Å². The van der Waals surface area contributed by atoms with Gasteiger partial charge in [0.15, 0.2) is 0 Å². The predicted octanol–water partition coefficient (Wildman–Crippen LogP) is 2.43. The van der Waals surface area contributed by atoms with Gasteiger partial charge >= 0.3 is 0 Å². The normalized spacial score (nSPS) is 25.5. The Morgan fingerprint density at radius 2 is 1.88 bits per heavy atom. The Morgan fingerprint density at radius 1 is 1.21 bits per heavy atom. The lowest BCUT2D eigenvalue weighted by Gasteiger charge is -2.17. The number of rotatable bonds is 2. The number of nitrogens with one attached hydrogen (secondary N) is 1. The van der Waals surface area contributed by atoms with Crippen molar-refractivity contribution in [3.05, 3.63) is 23.2 Å². The summed E-state index contributed by atoms with van der Waals surface area (Å²) in [5.41, 5.74) is 0.855. The molecule has 2 atom stereocenters. The molecule has 5 nitrogen and oxygen atoms in total. The van der Waals surface area contributed by atoms with Gasteiger partial charge < -0.3 is 5.32 Å². The summed E-state index contributed by atoms with van der Waals surface area (Å²) in [7, 11) is -3.41. The van der Waals surface area contributed by atoms with Crippen molar-refractivity contribution < 1.29 is 8.42 Å².